The number of benzene rings is 2. The standard InChI is InChI=1S/C20H23N3O3.ClH/c21-18(24)14-5-4-6-17(13-14)26-16-9-7-15(8-10-16)23-19(25)20(22)11-2-1-3-12-20;/h4-10,13H,1-3,11-12,22H2,(H2,21,24)(H,23,25);1H. The molecule has 1 aliphatic carbocycles. The minimum absolute atomic E-state index is 0. The Bertz CT molecular complexity index is 802. The molecule has 0 spiro atoms. The van der Waals surface area contributed by atoms with E-state index in [1.54, 1.807) is 48.5 Å². The van der Waals surface area contributed by atoms with Crippen LogP contribution in [0.5, 0.6) is 11.5 Å². The SMILES string of the molecule is Cl.NC(=O)c1cccc(Oc2ccc(NC(=O)C3(N)CCCCC3)cc2)c1. The quantitative estimate of drug-likeness (QED) is 0.725. The summed E-state index contributed by atoms with van der Waals surface area (Å²) >= 11 is 0. The van der Waals surface area contributed by atoms with E-state index in [9.17, 15) is 9.59 Å². The van der Waals surface area contributed by atoms with E-state index in [0.29, 0.717) is 22.7 Å². The Kier molecular flexibility index (Phi) is 6.82. The predicted molar refractivity (Wildman–Crippen MR) is 107 cm³/mol. The number of rotatable bonds is 5. The first-order valence-corrected chi connectivity index (χ1v) is 8.74. The summed E-state index contributed by atoms with van der Waals surface area (Å²) in [7, 11) is 0. The first kappa shape index (κ1) is 20.7. The summed E-state index contributed by atoms with van der Waals surface area (Å²) in [5.41, 5.74) is 11.8. The van der Waals surface area contributed by atoms with Gasteiger partial charge in [-0.3, -0.25) is 9.59 Å². The molecule has 144 valence electrons. The number of primary amides is 1. The summed E-state index contributed by atoms with van der Waals surface area (Å²) in [6.45, 7) is 0. The van der Waals surface area contributed by atoms with Crippen LogP contribution < -0.4 is 21.5 Å². The van der Waals surface area contributed by atoms with Gasteiger partial charge < -0.3 is 21.5 Å². The minimum Gasteiger partial charge on any atom is -0.457 e. The number of halogens is 1. The minimum atomic E-state index is -0.775. The van der Waals surface area contributed by atoms with Crippen LogP contribution in [0.15, 0.2) is 48.5 Å². The first-order chi connectivity index (χ1) is 12.5. The van der Waals surface area contributed by atoms with Gasteiger partial charge in [0.15, 0.2) is 0 Å². The normalized spacial score (nSPS) is 15.3. The molecule has 27 heavy (non-hydrogen) atoms. The van der Waals surface area contributed by atoms with Gasteiger partial charge in [0.2, 0.25) is 11.8 Å². The molecule has 0 aliphatic heterocycles. The van der Waals surface area contributed by atoms with Crippen LogP contribution in [-0.4, -0.2) is 17.4 Å². The smallest absolute Gasteiger partial charge is 0.248 e. The van der Waals surface area contributed by atoms with Crippen molar-refractivity contribution < 1.29 is 14.3 Å². The molecule has 0 heterocycles. The second-order valence-electron chi connectivity index (χ2n) is 6.69. The van der Waals surface area contributed by atoms with Crippen molar-refractivity contribution in [2.24, 2.45) is 11.5 Å². The second-order valence-corrected chi connectivity index (χ2v) is 6.69. The summed E-state index contributed by atoms with van der Waals surface area (Å²) in [5.74, 6) is 0.456. The number of ether oxygens (including phenoxy) is 1. The second kappa shape index (κ2) is 8.88. The number of amides is 2. The Balaban J connectivity index is 0.00000261. The maximum atomic E-state index is 12.5. The van der Waals surface area contributed by atoms with Crippen LogP contribution >= 0.6 is 12.4 Å². The van der Waals surface area contributed by atoms with Gasteiger partial charge in [-0.05, 0) is 55.3 Å². The highest BCUT2D eigenvalue weighted by atomic mass is 35.5. The van der Waals surface area contributed by atoms with E-state index in [1.165, 1.54) is 0 Å². The molecule has 0 bridgehead atoms. The van der Waals surface area contributed by atoms with Crippen molar-refractivity contribution in [2.45, 2.75) is 37.6 Å². The molecule has 0 atom stereocenters. The number of hydrogen-bond acceptors (Lipinski definition) is 4. The van der Waals surface area contributed by atoms with Crippen molar-refractivity contribution in [3.63, 3.8) is 0 Å². The largest absolute Gasteiger partial charge is 0.457 e. The fourth-order valence-corrected chi connectivity index (χ4v) is 3.12. The Hall–Kier alpha value is -2.57. The number of carbonyl (C=O) groups is 2. The van der Waals surface area contributed by atoms with Crippen molar-refractivity contribution >= 4 is 29.9 Å². The van der Waals surface area contributed by atoms with Gasteiger partial charge >= 0.3 is 0 Å². The van der Waals surface area contributed by atoms with E-state index >= 15 is 0 Å². The molecule has 0 radical (unpaired) electrons. The third kappa shape index (κ3) is 5.21. The van der Waals surface area contributed by atoms with Gasteiger partial charge in [0, 0.05) is 11.3 Å². The lowest BCUT2D eigenvalue weighted by atomic mass is 9.82. The maximum absolute atomic E-state index is 12.5. The highest BCUT2D eigenvalue weighted by Gasteiger charge is 2.35. The zero-order valence-corrected chi connectivity index (χ0v) is 15.8. The van der Waals surface area contributed by atoms with Crippen LogP contribution in [0.25, 0.3) is 0 Å². The molecule has 1 aliphatic rings. The van der Waals surface area contributed by atoms with E-state index in [1.807, 2.05) is 0 Å². The zero-order valence-electron chi connectivity index (χ0n) is 14.9. The molecular weight excluding hydrogens is 366 g/mol. The lowest BCUT2D eigenvalue weighted by Gasteiger charge is -2.31. The van der Waals surface area contributed by atoms with Crippen molar-refractivity contribution in [1.29, 1.82) is 0 Å². The highest BCUT2D eigenvalue weighted by Crippen LogP contribution is 2.28. The van der Waals surface area contributed by atoms with Crippen LogP contribution in [-0.2, 0) is 4.79 Å². The first-order valence-electron chi connectivity index (χ1n) is 8.74. The average Bonchev–Trinajstić information content (AvgIpc) is 2.64. The number of nitrogens with two attached hydrogens (primary N) is 2. The molecule has 1 saturated carbocycles. The third-order valence-electron chi connectivity index (χ3n) is 4.66. The molecule has 0 unspecified atom stereocenters. The van der Waals surface area contributed by atoms with Crippen molar-refractivity contribution in [3.05, 3.63) is 54.1 Å². The molecular formula is C20H24ClN3O3. The molecule has 1 fully saturated rings. The molecule has 6 nitrogen and oxygen atoms in total. The molecule has 7 heteroatoms. The van der Waals surface area contributed by atoms with Gasteiger partial charge in [-0.1, -0.05) is 25.3 Å². The fourth-order valence-electron chi connectivity index (χ4n) is 3.12. The van der Waals surface area contributed by atoms with E-state index in [4.69, 9.17) is 16.2 Å². The lowest BCUT2D eigenvalue weighted by molar-refractivity contribution is -0.122. The average molecular weight is 390 g/mol. The summed E-state index contributed by atoms with van der Waals surface area (Å²) in [5, 5.41) is 2.89. The van der Waals surface area contributed by atoms with Crippen LogP contribution in [0, 0.1) is 0 Å². The Labute approximate surface area is 164 Å². The summed E-state index contributed by atoms with van der Waals surface area (Å²) in [6, 6.07) is 13.7. The molecule has 3 rings (SSSR count). The van der Waals surface area contributed by atoms with E-state index in [0.717, 1.165) is 32.1 Å². The Morgan fingerprint density at radius 3 is 2.26 bits per heavy atom. The zero-order chi connectivity index (χ0) is 18.6. The van der Waals surface area contributed by atoms with Gasteiger partial charge in [0.05, 0.1) is 5.54 Å². The van der Waals surface area contributed by atoms with E-state index < -0.39 is 11.4 Å². The van der Waals surface area contributed by atoms with Gasteiger partial charge in [-0.2, -0.15) is 0 Å². The monoisotopic (exact) mass is 389 g/mol. The van der Waals surface area contributed by atoms with Crippen LogP contribution in [0.4, 0.5) is 5.69 Å². The summed E-state index contributed by atoms with van der Waals surface area (Å²) < 4.78 is 5.72. The summed E-state index contributed by atoms with van der Waals surface area (Å²) in [4.78, 5) is 23.7. The van der Waals surface area contributed by atoms with Crippen LogP contribution in [0.2, 0.25) is 0 Å². The predicted octanol–water partition coefficient (Wildman–Crippen LogP) is 3.60. The fraction of sp³-hybridized carbons (Fsp3) is 0.300. The molecule has 2 aromatic carbocycles. The molecule has 0 saturated heterocycles. The topological polar surface area (TPSA) is 107 Å². The highest BCUT2D eigenvalue weighted by molar-refractivity contribution is 5.98. The molecule has 5 N–H and O–H groups in total. The number of hydrogen-bond donors (Lipinski definition) is 3. The molecule has 0 aromatic heterocycles. The van der Waals surface area contributed by atoms with Crippen LogP contribution in [0.1, 0.15) is 42.5 Å². The maximum Gasteiger partial charge on any atom is 0.248 e. The van der Waals surface area contributed by atoms with Gasteiger partial charge in [-0.15, -0.1) is 12.4 Å². The van der Waals surface area contributed by atoms with Gasteiger partial charge in [0.1, 0.15) is 11.5 Å². The number of nitrogens with one attached hydrogen (secondary N) is 1. The van der Waals surface area contributed by atoms with E-state index in [-0.39, 0.29) is 18.3 Å². The Morgan fingerprint density at radius 1 is 0.963 bits per heavy atom. The van der Waals surface area contributed by atoms with Gasteiger partial charge in [-0.25, -0.2) is 0 Å². The lowest BCUT2D eigenvalue weighted by Crippen LogP contribution is -2.52. The number of carbonyl (C=O) groups excluding carboxylic acids is 2. The van der Waals surface area contributed by atoms with E-state index in [2.05, 4.69) is 5.32 Å². The van der Waals surface area contributed by atoms with Crippen molar-refractivity contribution in [2.75, 3.05) is 5.32 Å². The Morgan fingerprint density at radius 2 is 1.63 bits per heavy atom. The van der Waals surface area contributed by atoms with Crippen molar-refractivity contribution in [3.8, 4) is 11.5 Å². The van der Waals surface area contributed by atoms with Crippen molar-refractivity contribution in [1.82, 2.24) is 0 Å². The third-order valence-corrected chi connectivity index (χ3v) is 4.66. The van der Waals surface area contributed by atoms with Crippen LogP contribution in [0.3, 0.4) is 0 Å². The molecule has 2 amide bonds. The summed E-state index contributed by atoms with van der Waals surface area (Å²) in [6.07, 6.45) is 4.55. The number of anilines is 1. The van der Waals surface area contributed by atoms with Gasteiger partial charge in [0.25, 0.3) is 0 Å². The molecule has 2 aromatic rings.